The van der Waals surface area contributed by atoms with E-state index in [0.29, 0.717) is 36.0 Å². The van der Waals surface area contributed by atoms with Crippen LogP contribution in [0.5, 0.6) is 0 Å². The molecule has 0 bridgehead atoms. The molecule has 2 amide bonds. The molecule has 2 aromatic carbocycles. The zero-order valence-corrected chi connectivity index (χ0v) is 23.2. The number of urea groups is 1. The van der Waals surface area contributed by atoms with Gasteiger partial charge in [0, 0.05) is 42.8 Å². The third-order valence-electron chi connectivity index (χ3n) is 7.11. The van der Waals surface area contributed by atoms with Crippen LogP contribution in [-0.2, 0) is 0 Å². The summed E-state index contributed by atoms with van der Waals surface area (Å²) in [6.07, 6.45) is 2.79. The number of hydrogen-bond acceptors (Lipinski definition) is 5. The van der Waals surface area contributed by atoms with Crippen molar-refractivity contribution in [2.45, 2.75) is 46.0 Å². The average molecular weight is 550 g/mol. The van der Waals surface area contributed by atoms with Crippen molar-refractivity contribution < 1.29 is 9.18 Å². The summed E-state index contributed by atoms with van der Waals surface area (Å²) < 4.78 is 15.4. The molecule has 1 aliphatic rings. The van der Waals surface area contributed by atoms with Gasteiger partial charge in [0.05, 0.1) is 16.8 Å². The van der Waals surface area contributed by atoms with Gasteiger partial charge >= 0.3 is 6.03 Å². The van der Waals surface area contributed by atoms with Crippen LogP contribution in [0.4, 0.5) is 20.7 Å². The molecule has 3 heterocycles. The Morgan fingerprint density at radius 3 is 2.51 bits per heavy atom. The maximum Gasteiger partial charge on any atom is 0.321 e. The van der Waals surface area contributed by atoms with Crippen molar-refractivity contribution in [3.8, 4) is 5.69 Å². The molecule has 1 atom stereocenters. The van der Waals surface area contributed by atoms with Gasteiger partial charge in [-0.15, -0.1) is 0 Å². The predicted molar refractivity (Wildman–Crippen MR) is 154 cm³/mol. The van der Waals surface area contributed by atoms with Gasteiger partial charge in [-0.1, -0.05) is 31.9 Å². The number of benzene rings is 2. The molecule has 0 saturated carbocycles. The van der Waals surface area contributed by atoms with Gasteiger partial charge in [0.15, 0.2) is 5.65 Å². The molecule has 204 valence electrons. The number of aromatic nitrogens is 4. The van der Waals surface area contributed by atoms with Gasteiger partial charge in [0.2, 0.25) is 0 Å². The van der Waals surface area contributed by atoms with Crippen molar-refractivity contribution in [3.05, 3.63) is 70.9 Å². The normalized spacial score (nSPS) is 14.9. The maximum absolute atomic E-state index is 13.6. The molecule has 1 fully saturated rings. The molecule has 0 spiro atoms. The smallest absolute Gasteiger partial charge is 0.321 e. The van der Waals surface area contributed by atoms with Crippen molar-refractivity contribution in [3.63, 3.8) is 0 Å². The van der Waals surface area contributed by atoms with Gasteiger partial charge < -0.3 is 15.1 Å². The number of nitrogens with zero attached hydrogens (tertiary/aromatic N) is 6. The van der Waals surface area contributed by atoms with Crippen LogP contribution in [0.2, 0.25) is 5.02 Å². The number of halogens is 2. The predicted octanol–water partition coefficient (Wildman–Crippen LogP) is 6.56. The number of nitrogens with one attached hydrogen (secondary N) is 1. The maximum atomic E-state index is 13.6. The molecule has 0 radical (unpaired) electrons. The molecule has 39 heavy (non-hydrogen) atoms. The average Bonchev–Trinajstić information content (AvgIpc) is 3.09. The van der Waals surface area contributed by atoms with E-state index in [1.807, 2.05) is 11.8 Å². The second-order valence-electron chi connectivity index (χ2n) is 10.0. The van der Waals surface area contributed by atoms with E-state index in [2.05, 4.69) is 24.1 Å². The van der Waals surface area contributed by atoms with E-state index in [4.69, 9.17) is 26.7 Å². The summed E-state index contributed by atoms with van der Waals surface area (Å²) in [5.41, 5.74) is 2.97. The van der Waals surface area contributed by atoms with Crippen LogP contribution in [0.3, 0.4) is 0 Å². The zero-order chi connectivity index (χ0) is 27.5. The highest BCUT2D eigenvalue weighted by atomic mass is 35.5. The lowest BCUT2D eigenvalue weighted by atomic mass is 10.1. The highest BCUT2D eigenvalue weighted by molar-refractivity contribution is 6.30. The lowest BCUT2D eigenvalue weighted by Crippen LogP contribution is -2.38. The van der Waals surface area contributed by atoms with Crippen LogP contribution in [0.15, 0.2) is 48.5 Å². The minimum Gasteiger partial charge on any atom is -0.354 e. The fourth-order valence-corrected chi connectivity index (χ4v) is 5.15. The van der Waals surface area contributed by atoms with Crippen LogP contribution < -0.4 is 10.2 Å². The summed E-state index contributed by atoms with van der Waals surface area (Å²) >= 11 is 5.98. The number of carbonyl (C=O) groups is 1. The molecule has 1 aliphatic heterocycles. The SMILES string of the molecule is CCC[C@H](C)c1nc(N2CCCN(C(=O)Nc3ccc(Cl)cc3)CC2)c2c(C)nn(-c3ccc(F)cc3)c2n1. The molecule has 5 rings (SSSR count). The van der Waals surface area contributed by atoms with Crippen LogP contribution in [0, 0.1) is 12.7 Å². The molecule has 0 unspecified atom stereocenters. The molecule has 4 aromatic rings. The highest BCUT2D eigenvalue weighted by Crippen LogP contribution is 2.32. The minimum atomic E-state index is -0.297. The van der Waals surface area contributed by atoms with E-state index in [0.717, 1.165) is 54.2 Å². The quantitative estimate of drug-likeness (QED) is 0.294. The number of amides is 2. The van der Waals surface area contributed by atoms with Gasteiger partial charge in [-0.25, -0.2) is 23.8 Å². The van der Waals surface area contributed by atoms with Gasteiger partial charge in [-0.05, 0) is 68.3 Å². The number of fused-ring (bicyclic) bond motifs is 1. The topological polar surface area (TPSA) is 79.2 Å². The Kier molecular flexibility index (Phi) is 7.97. The Labute approximate surface area is 232 Å². The summed E-state index contributed by atoms with van der Waals surface area (Å²) in [6.45, 7) is 8.82. The fraction of sp³-hybridized carbons (Fsp3) is 0.379. The van der Waals surface area contributed by atoms with Crippen molar-refractivity contribution in [2.75, 3.05) is 36.4 Å². The summed E-state index contributed by atoms with van der Waals surface area (Å²) in [5, 5.41) is 9.27. The molecule has 1 N–H and O–H groups in total. The third-order valence-corrected chi connectivity index (χ3v) is 7.36. The summed E-state index contributed by atoms with van der Waals surface area (Å²) in [4.78, 5) is 27.1. The molecule has 10 heteroatoms. The van der Waals surface area contributed by atoms with Gasteiger partial charge in [-0.3, -0.25) is 0 Å². The lowest BCUT2D eigenvalue weighted by Gasteiger charge is -2.24. The van der Waals surface area contributed by atoms with Gasteiger partial charge in [0.1, 0.15) is 17.5 Å². The Bertz CT molecular complexity index is 1460. The van der Waals surface area contributed by atoms with Crippen molar-refractivity contribution in [1.82, 2.24) is 24.6 Å². The molecular formula is C29H33ClFN7O. The largest absolute Gasteiger partial charge is 0.354 e. The number of anilines is 2. The first-order valence-corrected chi connectivity index (χ1v) is 13.8. The van der Waals surface area contributed by atoms with Crippen molar-refractivity contribution in [1.29, 1.82) is 0 Å². The second kappa shape index (κ2) is 11.6. The van der Waals surface area contributed by atoms with Crippen LogP contribution in [0.25, 0.3) is 16.7 Å². The Morgan fingerprint density at radius 1 is 1.05 bits per heavy atom. The first-order valence-electron chi connectivity index (χ1n) is 13.4. The van der Waals surface area contributed by atoms with E-state index in [-0.39, 0.29) is 17.8 Å². The van der Waals surface area contributed by atoms with E-state index >= 15 is 0 Å². The van der Waals surface area contributed by atoms with Crippen LogP contribution in [0.1, 0.15) is 50.5 Å². The number of rotatable bonds is 6. The van der Waals surface area contributed by atoms with Gasteiger partial charge in [-0.2, -0.15) is 5.10 Å². The second-order valence-corrected chi connectivity index (χ2v) is 10.5. The number of carbonyl (C=O) groups excluding carboxylic acids is 1. The van der Waals surface area contributed by atoms with Crippen LogP contribution >= 0.6 is 11.6 Å². The molecule has 1 saturated heterocycles. The van der Waals surface area contributed by atoms with Crippen molar-refractivity contribution in [2.24, 2.45) is 0 Å². The first-order chi connectivity index (χ1) is 18.8. The molecule has 8 nitrogen and oxygen atoms in total. The molecular weight excluding hydrogens is 517 g/mol. The Balaban J connectivity index is 1.46. The molecule has 2 aromatic heterocycles. The highest BCUT2D eigenvalue weighted by Gasteiger charge is 2.26. The Morgan fingerprint density at radius 2 is 1.79 bits per heavy atom. The van der Waals surface area contributed by atoms with Crippen molar-refractivity contribution >= 4 is 40.2 Å². The zero-order valence-electron chi connectivity index (χ0n) is 22.5. The van der Waals surface area contributed by atoms with E-state index in [1.54, 1.807) is 41.1 Å². The van der Waals surface area contributed by atoms with E-state index in [1.165, 1.54) is 12.1 Å². The Hall–Kier alpha value is -3.72. The molecule has 0 aliphatic carbocycles. The van der Waals surface area contributed by atoms with E-state index in [9.17, 15) is 9.18 Å². The first kappa shape index (κ1) is 26.9. The number of aryl methyl sites for hydroxylation is 1. The van der Waals surface area contributed by atoms with Crippen LogP contribution in [-0.4, -0.2) is 56.9 Å². The summed E-state index contributed by atoms with van der Waals surface area (Å²) in [7, 11) is 0. The van der Waals surface area contributed by atoms with Gasteiger partial charge in [0.25, 0.3) is 0 Å². The summed E-state index contributed by atoms with van der Waals surface area (Å²) in [6, 6.07) is 13.2. The number of hydrogen-bond donors (Lipinski definition) is 1. The standard InChI is InChI=1S/C29H33ClFN7O/c1-4-6-19(2)26-33-27(25-20(3)35-38(28(25)34-26)24-13-9-22(31)10-14-24)36-15-5-16-37(18-17-36)29(39)32-23-11-7-21(30)8-12-23/h7-14,19H,4-6,15-18H2,1-3H3,(H,32,39)/t19-/m0/s1. The third kappa shape index (κ3) is 5.83. The monoisotopic (exact) mass is 549 g/mol. The fourth-order valence-electron chi connectivity index (χ4n) is 5.02. The van der Waals surface area contributed by atoms with E-state index < -0.39 is 0 Å². The minimum absolute atomic E-state index is 0.135. The summed E-state index contributed by atoms with van der Waals surface area (Å²) in [5.74, 6) is 1.48. The lowest BCUT2D eigenvalue weighted by molar-refractivity contribution is 0.215.